The molecule has 2 N–H and O–H groups in total. The molecular formula is C14H17F2NO3. The number of carboxylic acid groups (broad SMARTS) is 1. The van der Waals surface area contributed by atoms with Gasteiger partial charge in [-0.25, -0.2) is 13.6 Å². The summed E-state index contributed by atoms with van der Waals surface area (Å²) < 4.78 is 25.7. The van der Waals surface area contributed by atoms with Crippen LogP contribution in [0.3, 0.4) is 0 Å². The van der Waals surface area contributed by atoms with Gasteiger partial charge in [0.1, 0.15) is 6.04 Å². The number of carboxylic acids is 1. The average Bonchev–Trinajstić information content (AvgIpc) is 2.36. The fraction of sp³-hybridized carbons (Fsp3) is 0.429. The van der Waals surface area contributed by atoms with Crippen molar-refractivity contribution in [3.63, 3.8) is 0 Å². The van der Waals surface area contributed by atoms with E-state index >= 15 is 0 Å². The maximum absolute atomic E-state index is 13.0. The lowest BCUT2D eigenvalue weighted by molar-refractivity contribution is -0.143. The second kappa shape index (κ2) is 6.98. The lowest BCUT2D eigenvalue weighted by Crippen LogP contribution is -2.44. The fourth-order valence-corrected chi connectivity index (χ4v) is 1.71. The highest BCUT2D eigenvalue weighted by atomic mass is 19.2. The third-order valence-corrected chi connectivity index (χ3v) is 2.87. The van der Waals surface area contributed by atoms with Crippen LogP contribution in [0.1, 0.15) is 25.8 Å². The third-order valence-electron chi connectivity index (χ3n) is 2.87. The average molecular weight is 285 g/mol. The Labute approximate surface area is 115 Å². The quantitative estimate of drug-likeness (QED) is 0.841. The van der Waals surface area contributed by atoms with Crippen LogP contribution < -0.4 is 5.32 Å². The minimum absolute atomic E-state index is 0.0154. The van der Waals surface area contributed by atoms with Crippen LogP contribution in [0.5, 0.6) is 0 Å². The third kappa shape index (κ3) is 4.60. The predicted molar refractivity (Wildman–Crippen MR) is 69.1 cm³/mol. The second-order valence-electron chi connectivity index (χ2n) is 4.88. The van der Waals surface area contributed by atoms with E-state index in [1.54, 1.807) is 13.8 Å². The van der Waals surface area contributed by atoms with Crippen molar-refractivity contribution in [3.05, 3.63) is 35.4 Å². The first-order chi connectivity index (χ1) is 9.31. The molecule has 0 bridgehead atoms. The molecule has 1 atom stereocenters. The van der Waals surface area contributed by atoms with Gasteiger partial charge in [-0.1, -0.05) is 19.9 Å². The molecule has 0 aliphatic rings. The van der Waals surface area contributed by atoms with Crippen molar-refractivity contribution in [2.24, 2.45) is 5.92 Å². The Kier molecular flexibility index (Phi) is 5.61. The standard InChI is InChI=1S/C14H17F2NO3/c1-8(2)13(14(19)20)17-12(18)6-4-9-3-5-10(15)11(16)7-9/h3,5,7-8,13H,4,6H2,1-2H3,(H,17,18)(H,19,20). The van der Waals surface area contributed by atoms with E-state index in [0.717, 1.165) is 12.1 Å². The van der Waals surface area contributed by atoms with Gasteiger partial charge in [0.25, 0.3) is 0 Å². The molecule has 4 nitrogen and oxygen atoms in total. The van der Waals surface area contributed by atoms with E-state index in [9.17, 15) is 18.4 Å². The zero-order chi connectivity index (χ0) is 15.3. The number of nitrogens with one attached hydrogen (secondary N) is 1. The van der Waals surface area contributed by atoms with Gasteiger partial charge < -0.3 is 10.4 Å². The summed E-state index contributed by atoms with van der Waals surface area (Å²) in [5, 5.41) is 11.3. The zero-order valence-electron chi connectivity index (χ0n) is 11.3. The van der Waals surface area contributed by atoms with Crippen LogP contribution in [0.4, 0.5) is 8.78 Å². The number of hydrogen-bond acceptors (Lipinski definition) is 2. The summed E-state index contributed by atoms with van der Waals surface area (Å²) >= 11 is 0. The van der Waals surface area contributed by atoms with Gasteiger partial charge in [0.05, 0.1) is 0 Å². The molecule has 0 fully saturated rings. The summed E-state index contributed by atoms with van der Waals surface area (Å²) in [6, 6.07) is 2.46. The summed E-state index contributed by atoms with van der Waals surface area (Å²) in [5.74, 6) is -3.67. The number of amides is 1. The Morgan fingerprint density at radius 1 is 1.25 bits per heavy atom. The van der Waals surface area contributed by atoms with Crippen LogP contribution in [0.2, 0.25) is 0 Å². The molecule has 1 unspecified atom stereocenters. The van der Waals surface area contributed by atoms with E-state index in [2.05, 4.69) is 5.32 Å². The molecule has 20 heavy (non-hydrogen) atoms. The summed E-state index contributed by atoms with van der Waals surface area (Å²) in [4.78, 5) is 22.6. The molecule has 1 rings (SSSR count). The summed E-state index contributed by atoms with van der Waals surface area (Å²) in [6.45, 7) is 3.38. The van der Waals surface area contributed by atoms with E-state index in [0.29, 0.717) is 5.56 Å². The predicted octanol–water partition coefficient (Wildman–Crippen LogP) is 2.12. The molecule has 110 valence electrons. The fourth-order valence-electron chi connectivity index (χ4n) is 1.71. The molecule has 1 amide bonds. The van der Waals surface area contributed by atoms with Crippen molar-refractivity contribution in [1.29, 1.82) is 0 Å². The Bertz CT molecular complexity index is 503. The van der Waals surface area contributed by atoms with Crippen molar-refractivity contribution < 1.29 is 23.5 Å². The normalized spacial score (nSPS) is 12.2. The van der Waals surface area contributed by atoms with Crippen molar-refractivity contribution in [2.75, 3.05) is 0 Å². The molecule has 0 heterocycles. The first-order valence-electron chi connectivity index (χ1n) is 6.27. The minimum Gasteiger partial charge on any atom is -0.480 e. The first-order valence-corrected chi connectivity index (χ1v) is 6.27. The summed E-state index contributed by atoms with van der Waals surface area (Å²) in [5.41, 5.74) is 0.482. The van der Waals surface area contributed by atoms with E-state index in [4.69, 9.17) is 5.11 Å². The van der Waals surface area contributed by atoms with Gasteiger partial charge in [-0.2, -0.15) is 0 Å². The second-order valence-corrected chi connectivity index (χ2v) is 4.88. The van der Waals surface area contributed by atoms with Crippen LogP contribution in [0, 0.1) is 17.6 Å². The summed E-state index contributed by atoms with van der Waals surface area (Å²) in [7, 11) is 0. The van der Waals surface area contributed by atoms with E-state index in [-0.39, 0.29) is 18.8 Å². The lowest BCUT2D eigenvalue weighted by atomic mass is 10.0. The molecule has 1 aromatic carbocycles. The number of aliphatic carboxylic acids is 1. The highest BCUT2D eigenvalue weighted by Gasteiger charge is 2.23. The number of aryl methyl sites for hydroxylation is 1. The van der Waals surface area contributed by atoms with Gasteiger partial charge in [0.15, 0.2) is 11.6 Å². The number of hydrogen-bond donors (Lipinski definition) is 2. The number of carbonyl (C=O) groups excluding carboxylic acids is 1. The van der Waals surface area contributed by atoms with Gasteiger partial charge >= 0.3 is 5.97 Å². The largest absolute Gasteiger partial charge is 0.480 e. The van der Waals surface area contributed by atoms with E-state index < -0.39 is 29.6 Å². The Morgan fingerprint density at radius 2 is 1.90 bits per heavy atom. The Hall–Kier alpha value is -1.98. The smallest absolute Gasteiger partial charge is 0.326 e. The lowest BCUT2D eigenvalue weighted by Gasteiger charge is -2.17. The van der Waals surface area contributed by atoms with Crippen molar-refractivity contribution in [3.8, 4) is 0 Å². The maximum Gasteiger partial charge on any atom is 0.326 e. The monoisotopic (exact) mass is 285 g/mol. The van der Waals surface area contributed by atoms with E-state index in [1.807, 2.05) is 0 Å². The minimum atomic E-state index is -1.10. The van der Waals surface area contributed by atoms with Gasteiger partial charge in [-0.05, 0) is 30.0 Å². The Balaban J connectivity index is 2.54. The number of rotatable bonds is 6. The van der Waals surface area contributed by atoms with Crippen molar-refractivity contribution in [2.45, 2.75) is 32.7 Å². The van der Waals surface area contributed by atoms with Crippen molar-refractivity contribution >= 4 is 11.9 Å². The molecule has 1 aromatic rings. The molecule has 0 aliphatic heterocycles. The van der Waals surface area contributed by atoms with Gasteiger partial charge in [-0.15, -0.1) is 0 Å². The maximum atomic E-state index is 13.0. The van der Waals surface area contributed by atoms with Crippen LogP contribution in [-0.4, -0.2) is 23.0 Å². The molecule has 0 radical (unpaired) electrons. The molecule has 0 saturated carbocycles. The SMILES string of the molecule is CC(C)C(NC(=O)CCc1ccc(F)c(F)c1)C(=O)O. The van der Waals surface area contributed by atoms with Gasteiger partial charge in [0.2, 0.25) is 5.91 Å². The molecule has 0 aliphatic carbocycles. The van der Waals surface area contributed by atoms with E-state index in [1.165, 1.54) is 6.07 Å². The topological polar surface area (TPSA) is 66.4 Å². The van der Waals surface area contributed by atoms with Crippen molar-refractivity contribution in [1.82, 2.24) is 5.32 Å². The van der Waals surface area contributed by atoms with Crippen LogP contribution in [0.15, 0.2) is 18.2 Å². The van der Waals surface area contributed by atoms with Gasteiger partial charge in [0, 0.05) is 6.42 Å². The number of benzene rings is 1. The molecular weight excluding hydrogens is 268 g/mol. The van der Waals surface area contributed by atoms with Crippen LogP contribution in [-0.2, 0) is 16.0 Å². The molecule has 6 heteroatoms. The van der Waals surface area contributed by atoms with Crippen LogP contribution in [0.25, 0.3) is 0 Å². The number of halogens is 2. The first kappa shape index (κ1) is 16.1. The highest BCUT2D eigenvalue weighted by Crippen LogP contribution is 2.10. The Morgan fingerprint density at radius 3 is 2.40 bits per heavy atom. The zero-order valence-corrected chi connectivity index (χ0v) is 11.3. The molecule has 0 aromatic heterocycles. The molecule has 0 spiro atoms. The van der Waals surface area contributed by atoms with Crippen LogP contribution >= 0.6 is 0 Å². The van der Waals surface area contributed by atoms with Gasteiger partial charge in [-0.3, -0.25) is 4.79 Å². The highest BCUT2D eigenvalue weighted by molar-refractivity contribution is 5.83. The number of carbonyl (C=O) groups is 2. The molecule has 0 saturated heterocycles. The summed E-state index contributed by atoms with van der Waals surface area (Å²) in [6.07, 6.45) is 0.231.